The van der Waals surface area contributed by atoms with Crippen LogP contribution in [0.15, 0.2) is 18.2 Å². The highest BCUT2D eigenvalue weighted by atomic mass is 35.5. The molecule has 0 aromatic heterocycles. The van der Waals surface area contributed by atoms with E-state index in [0.717, 1.165) is 31.2 Å². The lowest BCUT2D eigenvalue weighted by atomic mass is 9.78. The number of hydrogen-bond acceptors (Lipinski definition) is 2. The first-order valence-electron chi connectivity index (χ1n) is 6.27. The van der Waals surface area contributed by atoms with Crippen LogP contribution in [-0.2, 0) is 11.2 Å². The Morgan fingerprint density at radius 1 is 1.22 bits per heavy atom. The first kappa shape index (κ1) is 13.9. The SMILES string of the molecule is NC1(C(=O)Cc2cc(Cl)ccc2Cl)CCCCC1. The van der Waals surface area contributed by atoms with Crippen molar-refractivity contribution in [1.29, 1.82) is 0 Å². The van der Waals surface area contributed by atoms with E-state index in [9.17, 15) is 4.79 Å². The van der Waals surface area contributed by atoms with Gasteiger partial charge in [-0.25, -0.2) is 0 Å². The average Bonchev–Trinajstić information content (AvgIpc) is 2.35. The summed E-state index contributed by atoms with van der Waals surface area (Å²) < 4.78 is 0. The summed E-state index contributed by atoms with van der Waals surface area (Å²) in [5, 5.41) is 1.17. The van der Waals surface area contributed by atoms with Gasteiger partial charge in [0, 0.05) is 16.5 Å². The van der Waals surface area contributed by atoms with Crippen LogP contribution in [0.5, 0.6) is 0 Å². The third-order valence-electron chi connectivity index (χ3n) is 3.66. The molecule has 0 spiro atoms. The van der Waals surface area contributed by atoms with E-state index in [4.69, 9.17) is 28.9 Å². The van der Waals surface area contributed by atoms with Crippen molar-refractivity contribution < 1.29 is 4.79 Å². The number of ketones is 1. The number of halogens is 2. The van der Waals surface area contributed by atoms with Crippen LogP contribution in [-0.4, -0.2) is 11.3 Å². The molecule has 0 radical (unpaired) electrons. The fraction of sp³-hybridized carbons (Fsp3) is 0.500. The van der Waals surface area contributed by atoms with Crippen LogP contribution in [0.3, 0.4) is 0 Å². The van der Waals surface area contributed by atoms with E-state index < -0.39 is 5.54 Å². The first-order valence-corrected chi connectivity index (χ1v) is 7.03. The molecule has 2 rings (SSSR count). The average molecular weight is 286 g/mol. The molecular formula is C14H17Cl2NO. The molecule has 0 bridgehead atoms. The molecule has 0 atom stereocenters. The van der Waals surface area contributed by atoms with E-state index in [1.54, 1.807) is 18.2 Å². The predicted molar refractivity (Wildman–Crippen MR) is 75.2 cm³/mol. The molecule has 1 saturated carbocycles. The Morgan fingerprint density at radius 3 is 2.56 bits per heavy atom. The van der Waals surface area contributed by atoms with Gasteiger partial charge in [-0.15, -0.1) is 0 Å². The number of rotatable bonds is 3. The molecule has 1 aliphatic carbocycles. The van der Waals surface area contributed by atoms with Crippen molar-refractivity contribution >= 4 is 29.0 Å². The lowest BCUT2D eigenvalue weighted by Gasteiger charge is -2.32. The van der Waals surface area contributed by atoms with Crippen molar-refractivity contribution in [2.45, 2.75) is 44.1 Å². The van der Waals surface area contributed by atoms with Gasteiger partial charge in [-0.3, -0.25) is 4.79 Å². The molecule has 2 nitrogen and oxygen atoms in total. The minimum absolute atomic E-state index is 0.0753. The minimum atomic E-state index is -0.663. The summed E-state index contributed by atoms with van der Waals surface area (Å²) in [6.07, 6.45) is 5.07. The Hall–Kier alpha value is -0.570. The summed E-state index contributed by atoms with van der Waals surface area (Å²) in [5.74, 6) is 0.0753. The number of hydrogen-bond donors (Lipinski definition) is 1. The highest BCUT2D eigenvalue weighted by Gasteiger charge is 2.34. The summed E-state index contributed by atoms with van der Waals surface area (Å²) in [5.41, 5.74) is 6.32. The van der Waals surface area contributed by atoms with Crippen molar-refractivity contribution in [2.24, 2.45) is 5.73 Å². The van der Waals surface area contributed by atoms with E-state index in [-0.39, 0.29) is 12.2 Å². The van der Waals surface area contributed by atoms with Crippen molar-refractivity contribution in [2.75, 3.05) is 0 Å². The van der Waals surface area contributed by atoms with Gasteiger partial charge in [-0.05, 0) is 36.6 Å². The van der Waals surface area contributed by atoms with Crippen LogP contribution in [0.1, 0.15) is 37.7 Å². The van der Waals surface area contributed by atoms with Gasteiger partial charge in [0.05, 0.1) is 5.54 Å². The number of nitrogens with two attached hydrogens (primary N) is 1. The molecule has 0 unspecified atom stereocenters. The number of carbonyl (C=O) groups is 1. The maximum Gasteiger partial charge on any atom is 0.157 e. The van der Waals surface area contributed by atoms with Gasteiger partial charge < -0.3 is 5.73 Å². The molecule has 1 aliphatic rings. The zero-order valence-electron chi connectivity index (χ0n) is 10.2. The standard InChI is InChI=1S/C14H17Cl2NO/c15-11-4-5-12(16)10(8-11)9-13(18)14(17)6-2-1-3-7-14/h4-5,8H,1-3,6-7,9,17H2. The second kappa shape index (κ2) is 5.60. The van der Waals surface area contributed by atoms with Gasteiger partial charge in [-0.1, -0.05) is 42.5 Å². The number of carbonyl (C=O) groups excluding carboxylic acids is 1. The van der Waals surface area contributed by atoms with Crippen molar-refractivity contribution in [3.8, 4) is 0 Å². The van der Waals surface area contributed by atoms with Gasteiger partial charge in [0.15, 0.2) is 5.78 Å². The van der Waals surface area contributed by atoms with Crippen LogP contribution in [0.4, 0.5) is 0 Å². The van der Waals surface area contributed by atoms with Gasteiger partial charge in [0.25, 0.3) is 0 Å². The molecule has 1 aromatic carbocycles. The maximum atomic E-state index is 12.3. The first-order chi connectivity index (χ1) is 8.51. The molecule has 0 saturated heterocycles. The molecule has 0 aliphatic heterocycles. The number of benzene rings is 1. The summed E-state index contributed by atoms with van der Waals surface area (Å²) in [7, 11) is 0. The smallest absolute Gasteiger partial charge is 0.157 e. The highest BCUT2D eigenvalue weighted by molar-refractivity contribution is 6.33. The summed E-state index contributed by atoms with van der Waals surface area (Å²) in [4.78, 5) is 12.3. The Morgan fingerprint density at radius 2 is 1.89 bits per heavy atom. The summed E-state index contributed by atoms with van der Waals surface area (Å²) in [6.45, 7) is 0. The lowest BCUT2D eigenvalue weighted by molar-refractivity contribution is -0.124. The highest BCUT2D eigenvalue weighted by Crippen LogP contribution is 2.29. The Labute approximate surface area is 117 Å². The van der Waals surface area contributed by atoms with Crippen LogP contribution in [0.25, 0.3) is 0 Å². The zero-order chi connectivity index (χ0) is 13.2. The van der Waals surface area contributed by atoms with Crippen LogP contribution < -0.4 is 5.73 Å². The molecule has 1 aromatic rings. The van der Waals surface area contributed by atoms with E-state index in [0.29, 0.717) is 10.0 Å². The Balaban J connectivity index is 2.13. The molecule has 4 heteroatoms. The van der Waals surface area contributed by atoms with Gasteiger partial charge in [0.1, 0.15) is 0 Å². The predicted octanol–water partition coefficient (Wildman–Crippen LogP) is 3.77. The lowest BCUT2D eigenvalue weighted by Crippen LogP contribution is -2.50. The maximum absolute atomic E-state index is 12.3. The summed E-state index contributed by atoms with van der Waals surface area (Å²) in [6, 6.07) is 5.18. The third-order valence-corrected chi connectivity index (χ3v) is 4.26. The van der Waals surface area contributed by atoms with E-state index >= 15 is 0 Å². The Kier molecular flexibility index (Phi) is 4.31. The number of Topliss-reactive ketones (excluding diaryl/α,β-unsaturated/α-hetero) is 1. The quantitative estimate of drug-likeness (QED) is 0.919. The molecule has 0 heterocycles. The van der Waals surface area contributed by atoms with Crippen LogP contribution >= 0.6 is 23.2 Å². The van der Waals surface area contributed by atoms with Crippen molar-refractivity contribution in [3.05, 3.63) is 33.8 Å². The van der Waals surface area contributed by atoms with E-state index in [1.165, 1.54) is 6.42 Å². The molecular weight excluding hydrogens is 269 g/mol. The molecule has 98 valence electrons. The second-order valence-electron chi connectivity index (χ2n) is 5.05. The van der Waals surface area contributed by atoms with Gasteiger partial charge in [-0.2, -0.15) is 0 Å². The third kappa shape index (κ3) is 3.05. The molecule has 2 N–H and O–H groups in total. The molecule has 1 fully saturated rings. The largest absolute Gasteiger partial charge is 0.319 e. The monoisotopic (exact) mass is 285 g/mol. The van der Waals surface area contributed by atoms with Crippen LogP contribution in [0.2, 0.25) is 10.0 Å². The second-order valence-corrected chi connectivity index (χ2v) is 5.90. The van der Waals surface area contributed by atoms with Crippen molar-refractivity contribution in [1.82, 2.24) is 0 Å². The van der Waals surface area contributed by atoms with Gasteiger partial charge in [0.2, 0.25) is 0 Å². The Bertz CT molecular complexity index is 453. The minimum Gasteiger partial charge on any atom is -0.319 e. The fourth-order valence-electron chi connectivity index (χ4n) is 2.49. The summed E-state index contributed by atoms with van der Waals surface area (Å²) >= 11 is 12.0. The fourth-order valence-corrected chi connectivity index (χ4v) is 2.87. The van der Waals surface area contributed by atoms with Crippen LogP contribution in [0, 0.1) is 0 Å². The van der Waals surface area contributed by atoms with Crippen molar-refractivity contribution in [3.63, 3.8) is 0 Å². The molecule has 18 heavy (non-hydrogen) atoms. The van der Waals surface area contributed by atoms with E-state index in [2.05, 4.69) is 0 Å². The molecule has 0 amide bonds. The van der Waals surface area contributed by atoms with Gasteiger partial charge >= 0.3 is 0 Å². The topological polar surface area (TPSA) is 43.1 Å². The normalized spacial score (nSPS) is 18.6. The van der Waals surface area contributed by atoms with E-state index in [1.807, 2.05) is 0 Å². The zero-order valence-corrected chi connectivity index (χ0v) is 11.7.